The van der Waals surface area contributed by atoms with Crippen LogP contribution < -0.4 is 16.0 Å². The van der Waals surface area contributed by atoms with Gasteiger partial charge in [-0.15, -0.1) is 24.8 Å². The molecule has 3 fully saturated rings. The molecule has 0 spiro atoms. The molecule has 1 aromatic rings. The lowest BCUT2D eigenvalue weighted by Crippen LogP contribution is -2.56. The van der Waals surface area contributed by atoms with Crippen LogP contribution in [0.3, 0.4) is 0 Å². The number of benzene rings is 1. The number of nitrogens with zero attached hydrogens (tertiary/aromatic N) is 2. The Morgan fingerprint density at radius 2 is 1.76 bits per heavy atom. The van der Waals surface area contributed by atoms with Crippen LogP contribution in [0.1, 0.15) is 44.1 Å². The van der Waals surface area contributed by atoms with Crippen molar-refractivity contribution in [3.05, 3.63) is 29.8 Å². The molecule has 0 radical (unpaired) electrons. The molecule has 1 aliphatic heterocycles. The molecule has 1 aromatic carbocycles. The molecule has 5 atom stereocenters. The van der Waals surface area contributed by atoms with Crippen molar-refractivity contribution in [2.24, 2.45) is 11.7 Å². The van der Waals surface area contributed by atoms with Gasteiger partial charge in [0.15, 0.2) is 0 Å². The lowest BCUT2D eigenvalue weighted by Gasteiger charge is -2.39. The summed E-state index contributed by atoms with van der Waals surface area (Å²) in [5.41, 5.74) is 8.32. The van der Waals surface area contributed by atoms with E-state index < -0.39 is 0 Å². The van der Waals surface area contributed by atoms with Crippen molar-refractivity contribution in [3.8, 4) is 6.07 Å². The van der Waals surface area contributed by atoms with E-state index in [1.165, 1.54) is 37.8 Å². The number of hydrogen-bond acceptors (Lipinski definition) is 4. The van der Waals surface area contributed by atoms with Gasteiger partial charge in [-0.25, -0.2) is 0 Å². The molecule has 138 valence electrons. The summed E-state index contributed by atoms with van der Waals surface area (Å²) in [6.45, 7) is 1.16. The highest BCUT2D eigenvalue weighted by atomic mass is 35.5. The van der Waals surface area contributed by atoms with Crippen LogP contribution in [0.2, 0.25) is 0 Å². The third kappa shape index (κ3) is 4.06. The second-order valence-electron chi connectivity index (χ2n) is 7.54. The summed E-state index contributed by atoms with van der Waals surface area (Å²) in [7, 11) is 0. The largest absolute Gasteiger partial charge is 0.367 e. The summed E-state index contributed by atoms with van der Waals surface area (Å²) < 4.78 is 0. The SMILES string of the molecule is Cl.Cl.N#Cc1ccc(N2C[C@H]3C[C@H](N[C@@H]4CCCC[C@H]4N)[C@H]2C3)cc1. The van der Waals surface area contributed by atoms with Crippen molar-refractivity contribution >= 4 is 30.5 Å². The summed E-state index contributed by atoms with van der Waals surface area (Å²) in [5.74, 6) is 0.799. The lowest BCUT2D eigenvalue weighted by molar-refractivity contribution is 0.279. The molecule has 0 aromatic heterocycles. The average Bonchev–Trinajstić information content (AvgIpc) is 3.17. The second-order valence-corrected chi connectivity index (χ2v) is 7.54. The van der Waals surface area contributed by atoms with E-state index in [1.54, 1.807) is 0 Å². The quantitative estimate of drug-likeness (QED) is 0.841. The minimum absolute atomic E-state index is 0. The molecule has 6 heteroatoms. The van der Waals surface area contributed by atoms with E-state index in [2.05, 4.69) is 28.4 Å². The van der Waals surface area contributed by atoms with Gasteiger partial charge in [0.05, 0.1) is 11.6 Å². The summed E-state index contributed by atoms with van der Waals surface area (Å²) in [6.07, 6.45) is 7.57. The second kappa shape index (κ2) is 8.60. The fourth-order valence-corrected chi connectivity index (χ4v) is 4.87. The van der Waals surface area contributed by atoms with Crippen LogP contribution in [0.4, 0.5) is 5.69 Å². The zero-order valence-corrected chi connectivity index (χ0v) is 16.1. The number of rotatable bonds is 3. The van der Waals surface area contributed by atoms with Gasteiger partial charge in [-0.1, -0.05) is 12.8 Å². The first-order chi connectivity index (χ1) is 11.2. The molecule has 1 saturated heterocycles. The molecular formula is C19H28Cl2N4. The number of nitrogens with one attached hydrogen (secondary N) is 1. The number of nitriles is 1. The van der Waals surface area contributed by atoms with Crippen LogP contribution in [0, 0.1) is 17.2 Å². The standard InChI is InChI=1S/C19H26N4.2ClH/c20-11-13-5-7-15(8-6-13)23-12-14-9-18(19(23)10-14)22-17-4-2-1-3-16(17)21;;/h5-8,14,16-19,22H,1-4,9-10,12,21H2;2*1H/t14-,16+,17+,18-,19+;;/m0../s1. The van der Waals surface area contributed by atoms with Gasteiger partial charge in [0, 0.05) is 36.4 Å². The van der Waals surface area contributed by atoms with Crippen molar-refractivity contribution in [1.82, 2.24) is 5.32 Å². The zero-order valence-electron chi connectivity index (χ0n) is 14.4. The highest BCUT2D eigenvalue weighted by Crippen LogP contribution is 2.41. The Bertz CT molecular complexity index is 600. The lowest BCUT2D eigenvalue weighted by atomic mass is 9.89. The Kier molecular flexibility index (Phi) is 6.99. The Hall–Kier alpha value is -0.990. The zero-order chi connectivity index (χ0) is 15.8. The monoisotopic (exact) mass is 382 g/mol. The molecule has 4 rings (SSSR count). The third-order valence-electron chi connectivity index (χ3n) is 6.06. The van der Waals surface area contributed by atoms with Gasteiger partial charge in [0.25, 0.3) is 0 Å². The summed E-state index contributed by atoms with van der Waals surface area (Å²) >= 11 is 0. The first-order valence-electron chi connectivity index (χ1n) is 9.03. The van der Waals surface area contributed by atoms with Crippen molar-refractivity contribution in [3.63, 3.8) is 0 Å². The Labute approximate surface area is 163 Å². The van der Waals surface area contributed by atoms with Crippen molar-refractivity contribution in [1.29, 1.82) is 5.26 Å². The number of anilines is 1. The number of halogens is 2. The number of nitrogens with two attached hydrogens (primary N) is 1. The maximum atomic E-state index is 8.96. The molecule has 3 aliphatic rings. The maximum Gasteiger partial charge on any atom is 0.0991 e. The molecule has 2 aliphatic carbocycles. The van der Waals surface area contributed by atoms with Crippen LogP contribution in [0.15, 0.2) is 24.3 Å². The highest BCUT2D eigenvalue weighted by molar-refractivity contribution is 5.85. The molecule has 0 amide bonds. The predicted octanol–water partition coefficient (Wildman–Crippen LogP) is 3.23. The summed E-state index contributed by atoms with van der Waals surface area (Å²) in [4.78, 5) is 2.54. The van der Waals surface area contributed by atoms with Crippen molar-refractivity contribution in [2.45, 2.75) is 62.7 Å². The minimum atomic E-state index is 0. The van der Waals surface area contributed by atoms with Crippen LogP contribution >= 0.6 is 24.8 Å². The van der Waals surface area contributed by atoms with Gasteiger partial charge in [-0.2, -0.15) is 5.26 Å². The highest BCUT2D eigenvalue weighted by Gasteiger charge is 2.45. The Morgan fingerprint density at radius 1 is 1.04 bits per heavy atom. The molecule has 0 unspecified atom stereocenters. The Balaban J connectivity index is 0.00000113. The fourth-order valence-electron chi connectivity index (χ4n) is 4.87. The van der Waals surface area contributed by atoms with Gasteiger partial charge in [-0.3, -0.25) is 0 Å². The van der Waals surface area contributed by atoms with E-state index in [0.717, 1.165) is 24.4 Å². The molecule has 3 N–H and O–H groups in total. The fraction of sp³-hybridized carbons (Fsp3) is 0.632. The Morgan fingerprint density at radius 3 is 2.40 bits per heavy atom. The minimum Gasteiger partial charge on any atom is -0.367 e. The number of hydrogen-bond donors (Lipinski definition) is 2. The van der Waals surface area contributed by atoms with Crippen LogP contribution in [-0.2, 0) is 0 Å². The van der Waals surface area contributed by atoms with E-state index in [4.69, 9.17) is 11.0 Å². The van der Waals surface area contributed by atoms with Crippen molar-refractivity contribution in [2.75, 3.05) is 11.4 Å². The predicted molar refractivity (Wildman–Crippen MR) is 107 cm³/mol. The molecule has 2 saturated carbocycles. The number of piperidine rings is 1. The molecule has 1 heterocycles. The smallest absolute Gasteiger partial charge is 0.0991 e. The normalized spacial score (nSPS) is 33.3. The van der Waals surface area contributed by atoms with Crippen LogP contribution in [-0.4, -0.2) is 30.7 Å². The average molecular weight is 383 g/mol. The molecular weight excluding hydrogens is 355 g/mol. The first-order valence-corrected chi connectivity index (χ1v) is 9.03. The van der Waals surface area contributed by atoms with Crippen LogP contribution in [0.5, 0.6) is 0 Å². The first kappa shape index (κ1) is 20.3. The third-order valence-corrected chi connectivity index (χ3v) is 6.06. The molecule has 25 heavy (non-hydrogen) atoms. The van der Waals surface area contributed by atoms with Gasteiger partial charge < -0.3 is 16.0 Å². The van der Waals surface area contributed by atoms with Crippen LogP contribution in [0.25, 0.3) is 0 Å². The van der Waals surface area contributed by atoms with E-state index in [1.807, 2.05) is 12.1 Å². The molecule has 4 nitrogen and oxygen atoms in total. The van der Waals surface area contributed by atoms with Gasteiger partial charge in [-0.05, 0) is 55.9 Å². The van der Waals surface area contributed by atoms with E-state index >= 15 is 0 Å². The van der Waals surface area contributed by atoms with Gasteiger partial charge in [0.1, 0.15) is 0 Å². The van der Waals surface area contributed by atoms with E-state index in [9.17, 15) is 0 Å². The number of fused-ring (bicyclic) bond motifs is 2. The maximum absolute atomic E-state index is 8.96. The van der Waals surface area contributed by atoms with Gasteiger partial charge in [0.2, 0.25) is 0 Å². The topological polar surface area (TPSA) is 65.1 Å². The van der Waals surface area contributed by atoms with E-state index in [-0.39, 0.29) is 24.8 Å². The van der Waals surface area contributed by atoms with Crippen molar-refractivity contribution < 1.29 is 0 Å². The summed E-state index contributed by atoms with van der Waals surface area (Å²) in [5, 5.41) is 12.9. The van der Waals surface area contributed by atoms with Gasteiger partial charge >= 0.3 is 0 Å². The molecule has 2 bridgehead atoms. The van der Waals surface area contributed by atoms with E-state index in [0.29, 0.717) is 24.2 Å². The summed E-state index contributed by atoms with van der Waals surface area (Å²) in [6, 6.07) is 12.2.